The van der Waals surface area contributed by atoms with Crippen molar-refractivity contribution in [2.75, 3.05) is 5.32 Å². The monoisotopic (exact) mass is 218 g/mol. The van der Waals surface area contributed by atoms with Gasteiger partial charge in [0.15, 0.2) is 0 Å². The maximum atomic E-state index is 12.3. The summed E-state index contributed by atoms with van der Waals surface area (Å²) in [7, 11) is 0. The fraction of sp³-hybridized carbons (Fsp3) is 0.400. The van der Waals surface area contributed by atoms with Crippen LogP contribution in [0.2, 0.25) is 0 Å². The molecule has 0 aliphatic heterocycles. The Morgan fingerprint density at radius 1 is 1.20 bits per heavy atom. The lowest BCUT2D eigenvalue weighted by atomic mass is 10.1. The van der Waals surface area contributed by atoms with Crippen molar-refractivity contribution in [3.63, 3.8) is 0 Å². The number of nitrogens with two attached hydrogens (primary N) is 1. The second-order valence-corrected chi connectivity index (χ2v) is 3.93. The first kappa shape index (κ1) is 11.8. The maximum absolute atomic E-state index is 12.3. The first-order chi connectivity index (χ1) is 6.68. The van der Waals surface area contributed by atoms with Crippen LogP contribution in [0, 0.1) is 0 Å². The lowest BCUT2D eigenvalue weighted by Crippen LogP contribution is -2.40. The Morgan fingerprint density at radius 3 is 2.27 bits per heavy atom. The van der Waals surface area contributed by atoms with Crippen molar-refractivity contribution >= 4 is 5.69 Å². The zero-order valence-corrected chi connectivity index (χ0v) is 8.52. The van der Waals surface area contributed by atoms with Gasteiger partial charge in [-0.15, -0.1) is 0 Å². The third-order valence-corrected chi connectivity index (χ3v) is 1.66. The minimum atomic E-state index is -4.32. The molecule has 5 heteroatoms. The van der Waals surface area contributed by atoms with Crippen molar-refractivity contribution < 1.29 is 13.2 Å². The molecule has 2 nitrogen and oxygen atoms in total. The summed E-state index contributed by atoms with van der Waals surface area (Å²) >= 11 is 0. The zero-order valence-electron chi connectivity index (χ0n) is 8.52. The normalized spacial score (nSPS) is 12.7. The predicted molar refractivity (Wildman–Crippen MR) is 53.3 cm³/mol. The number of hydrogen-bond donors (Lipinski definition) is 2. The van der Waals surface area contributed by atoms with Crippen LogP contribution in [0.25, 0.3) is 0 Å². The van der Waals surface area contributed by atoms with Crippen LogP contribution in [0.5, 0.6) is 0 Å². The van der Waals surface area contributed by atoms with E-state index in [1.165, 1.54) is 6.07 Å². The van der Waals surface area contributed by atoms with E-state index in [0.717, 1.165) is 12.1 Å². The number of anilines is 1. The molecule has 0 bridgehead atoms. The van der Waals surface area contributed by atoms with Gasteiger partial charge in [0.25, 0.3) is 0 Å². The number of rotatable bonds is 2. The van der Waals surface area contributed by atoms with Gasteiger partial charge in [-0.05, 0) is 32.0 Å². The number of hydrogen-bond acceptors (Lipinski definition) is 2. The molecule has 1 rings (SSSR count). The molecule has 15 heavy (non-hydrogen) atoms. The average Bonchev–Trinajstić information content (AvgIpc) is 1.99. The zero-order chi connectivity index (χ0) is 11.7. The highest BCUT2D eigenvalue weighted by atomic mass is 19.4. The summed E-state index contributed by atoms with van der Waals surface area (Å²) < 4.78 is 37.0. The van der Waals surface area contributed by atoms with Crippen LogP contribution >= 0.6 is 0 Å². The van der Waals surface area contributed by atoms with Crippen LogP contribution in [-0.2, 0) is 6.18 Å². The Kier molecular flexibility index (Phi) is 2.95. The average molecular weight is 218 g/mol. The van der Waals surface area contributed by atoms with E-state index >= 15 is 0 Å². The molecule has 0 unspecified atom stereocenters. The second-order valence-electron chi connectivity index (χ2n) is 3.93. The Labute approximate surface area is 86.3 Å². The van der Waals surface area contributed by atoms with E-state index < -0.39 is 17.4 Å². The van der Waals surface area contributed by atoms with Crippen molar-refractivity contribution in [1.82, 2.24) is 0 Å². The molecule has 0 radical (unpaired) electrons. The van der Waals surface area contributed by atoms with Crippen LogP contribution in [-0.4, -0.2) is 5.66 Å². The topological polar surface area (TPSA) is 38.0 Å². The Morgan fingerprint density at radius 2 is 1.80 bits per heavy atom. The molecule has 0 spiro atoms. The van der Waals surface area contributed by atoms with Crippen molar-refractivity contribution in [3.8, 4) is 0 Å². The van der Waals surface area contributed by atoms with Gasteiger partial charge < -0.3 is 11.1 Å². The molecule has 0 aliphatic carbocycles. The van der Waals surface area contributed by atoms with Crippen molar-refractivity contribution in [3.05, 3.63) is 29.8 Å². The van der Waals surface area contributed by atoms with Gasteiger partial charge >= 0.3 is 6.18 Å². The summed E-state index contributed by atoms with van der Waals surface area (Å²) in [5, 5.41) is 2.77. The molecule has 0 amide bonds. The van der Waals surface area contributed by atoms with Gasteiger partial charge in [-0.2, -0.15) is 13.2 Å². The molecular weight excluding hydrogens is 205 g/mol. The van der Waals surface area contributed by atoms with Crippen LogP contribution in [0.4, 0.5) is 18.9 Å². The van der Waals surface area contributed by atoms with Crippen molar-refractivity contribution in [2.24, 2.45) is 5.73 Å². The van der Waals surface area contributed by atoms with E-state index in [-0.39, 0.29) is 0 Å². The fourth-order valence-electron chi connectivity index (χ4n) is 1.15. The van der Waals surface area contributed by atoms with Crippen LogP contribution in [0.1, 0.15) is 19.4 Å². The lowest BCUT2D eigenvalue weighted by Gasteiger charge is -2.22. The first-order valence-corrected chi connectivity index (χ1v) is 4.43. The molecule has 3 N–H and O–H groups in total. The van der Waals surface area contributed by atoms with E-state index in [1.54, 1.807) is 19.9 Å². The highest BCUT2D eigenvalue weighted by molar-refractivity contribution is 5.47. The summed E-state index contributed by atoms with van der Waals surface area (Å²) in [6.45, 7) is 3.35. The van der Waals surface area contributed by atoms with Gasteiger partial charge in [0, 0.05) is 5.69 Å². The third-order valence-electron chi connectivity index (χ3n) is 1.66. The molecule has 0 fully saturated rings. The van der Waals surface area contributed by atoms with E-state index in [0.29, 0.717) is 5.69 Å². The van der Waals surface area contributed by atoms with Gasteiger partial charge in [0.2, 0.25) is 0 Å². The van der Waals surface area contributed by atoms with Gasteiger partial charge in [-0.1, -0.05) is 6.07 Å². The number of benzene rings is 1. The number of halogens is 3. The van der Waals surface area contributed by atoms with Gasteiger partial charge in [0.1, 0.15) is 0 Å². The third kappa shape index (κ3) is 3.79. The fourth-order valence-corrected chi connectivity index (χ4v) is 1.15. The van der Waals surface area contributed by atoms with E-state index in [1.807, 2.05) is 0 Å². The van der Waals surface area contributed by atoms with Crippen LogP contribution in [0.15, 0.2) is 24.3 Å². The molecule has 0 atom stereocenters. The molecule has 1 aromatic rings. The van der Waals surface area contributed by atoms with Crippen LogP contribution < -0.4 is 11.1 Å². The molecule has 0 aromatic heterocycles. The van der Waals surface area contributed by atoms with Crippen molar-refractivity contribution in [1.29, 1.82) is 0 Å². The smallest absolute Gasteiger partial charge is 0.368 e. The summed E-state index contributed by atoms with van der Waals surface area (Å²) in [6.07, 6.45) is -4.32. The molecule has 0 saturated heterocycles. The maximum Gasteiger partial charge on any atom is 0.416 e. The highest BCUT2D eigenvalue weighted by Crippen LogP contribution is 2.30. The summed E-state index contributed by atoms with van der Waals surface area (Å²) in [6, 6.07) is 4.95. The largest absolute Gasteiger partial charge is 0.416 e. The Bertz CT molecular complexity index is 339. The van der Waals surface area contributed by atoms with Crippen molar-refractivity contribution in [2.45, 2.75) is 25.7 Å². The predicted octanol–water partition coefficient (Wildman–Crippen LogP) is 2.81. The minimum Gasteiger partial charge on any atom is -0.368 e. The molecule has 0 saturated carbocycles. The van der Waals surface area contributed by atoms with E-state index in [4.69, 9.17) is 5.73 Å². The summed E-state index contributed by atoms with van der Waals surface area (Å²) in [4.78, 5) is 0. The quantitative estimate of drug-likeness (QED) is 0.749. The van der Waals surface area contributed by atoms with Crippen LogP contribution in [0.3, 0.4) is 0 Å². The van der Waals surface area contributed by atoms with Gasteiger partial charge in [0.05, 0.1) is 11.2 Å². The minimum absolute atomic E-state index is 0.359. The standard InChI is InChI=1S/C10H13F3N2/c1-9(2,14)15-8-5-3-4-7(6-8)10(11,12)13/h3-6,15H,14H2,1-2H3. The summed E-state index contributed by atoms with van der Waals surface area (Å²) in [5.74, 6) is 0. The molecular formula is C10H13F3N2. The molecule has 0 aliphatic rings. The highest BCUT2D eigenvalue weighted by Gasteiger charge is 2.30. The molecule has 84 valence electrons. The van der Waals surface area contributed by atoms with E-state index in [9.17, 15) is 13.2 Å². The van der Waals surface area contributed by atoms with E-state index in [2.05, 4.69) is 5.32 Å². The Balaban J connectivity index is 2.94. The van der Waals surface area contributed by atoms with Gasteiger partial charge in [-0.3, -0.25) is 0 Å². The molecule has 1 aromatic carbocycles. The Hall–Kier alpha value is -1.23. The number of nitrogens with one attached hydrogen (secondary N) is 1. The lowest BCUT2D eigenvalue weighted by molar-refractivity contribution is -0.137. The SMILES string of the molecule is CC(C)(N)Nc1cccc(C(F)(F)F)c1. The summed E-state index contributed by atoms with van der Waals surface area (Å²) in [5.41, 5.74) is 4.56. The first-order valence-electron chi connectivity index (χ1n) is 4.43. The second kappa shape index (κ2) is 3.73. The molecule has 0 heterocycles. The van der Waals surface area contributed by atoms with Gasteiger partial charge in [-0.25, -0.2) is 0 Å². The number of alkyl halides is 3.